The predicted octanol–water partition coefficient (Wildman–Crippen LogP) is 3.72. The molecule has 1 aromatic heterocycles. The second-order valence-corrected chi connectivity index (χ2v) is 8.18. The number of nitrogens with zero attached hydrogens (tertiary/aromatic N) is 3. The first-order valence-corrected chi connectivity index (χ1v) is 9.70. The zero-order valence-corrected chi connectivity index (χ0v) is 15.3. The lowest BCUT2D eigenvalue weighted by molar-refractivity contribution is 0.00685. The highest BCUT2D eigenvalue weighted by Crippen LogP contribution is 2.42. The van der Waals surface area contributed by atoms with Crippen LogP contribution in [0, 0.1) is 5.92 Å². The average molecular weight is 379 g/mol. The molecule has 2 bridgehead atoms. The summed E-state index contributed by atoms with van der Waals surface area (Å²) < 4.78 is 8.10. The molecule has 3 aliphatic rings. The van der Waals surface area contributed by atoms with Gasteiger partial charge in [-0.05, 0) is 43.7 Å². The highest BCUT2D eigenvalue weighted by atomic mass is 35.5. The molecule has 25 heavy (non-hydrogen) atoms. The number of halogens is 2. The molecule has 2 aliphatic carbocycles. The van der Waals surface area contributed by atoms with Crippen molar-refractivity contribution in [2.24, 2.45) is 5.92 Å². The summed E-state index contributed by atoms with van der Waals surface area (Å²) >= 11 is 12.8. The lowest BCUT2D eigenvalue weighted by Gasteiger charge is -2.23. The van der Waals surface area contributed by atoms with Gasteiger partial charge in [0.05, 0.1) is 34.1 Å². The maximum absolute atomic E-state index is 6.40. The van der Waals surface area contributed by atoms with Gasteiger partial charge in [-0.25, -0.2) is 4.68 Å². The van der Waals surface area contributed by atoms with E-state index in [0.717, 1.165) is 24.4 Å². The van der Waals surface area contributed by atoms with Crippen LogP contribution in [-0.2, 0) is 11.3 Å². The minimum absolute atomic E-state index is 0.323. The van der Waals surface area contributed by atoms with E-state index in [4.69, 9.17) is 27.9 Å². The van der Waals surface area contributed by atoms with Crippen LogP contribution in [-0.4, -0.2) is 33.7 Å². The van der Waals surface area contributed by atoms with E-state index in [9.17, 15) is 0 Å². The molecule has 1 N–H and O–H groups in total. The lowest BCUT2D eigenvalue weighted by atomic mass is 10.1. The number of rotatable bonds is 5. The van der Waals surface area contributed by atoms with Crippen molar-refractivity contribution < 1.29 is 4.74 Å². The molecule has 3 fully saturated rings. The number of hydrogen-bond donors (Lipinski definition) is 1. The molecular formula is C18H20Cl2N4O. The summed E-state index contributed by atoms with van der Waals surface area (Å²) in [4.78, 5) is 0. The molecule has 7 heteroatoms. The van der Waals surface area contributed by atoms with Gasteiger partial charge >= 0.3 is 0 Å². The van der Waals surface area contributed by atoms with Gasteiger partial charge in [-0.2, -0.15) is 0 Å². The molecule has 0 radical (unpaired) electrons. The predicted molar refractivity (Wildman–Crippen MR) is 96.4 cm³/mol. The van der Waals surface area contributed by atoms with Crippen LogP contribution in [0.5, 0.6) is 0 Å². The third-order valence-electron chi connectivity index (χ3n) is 5.64. The van der Waals surface area contributed by atoms with Gasteiger partial charge in [0.1, 0.15) is 5.69 Å². The number of fused-ring (bicyclic) bond motifs is 2. The summed E-state index contributed by atoms with van der Waals surface area (Å²) in [5.41, 5.74) is 2.73. The Bertz CT molecular complexity index is 784. The number of aromatic nitrogens is 3. The molecule has 2 heterocycles. The van der Waals surface area contributed by atoms with Crippen LogP contribution in [0.1, 0.15) is 43.0 Å². The zero-order valence-electron chi connectivity index (χ0n) is 13.8. The van der Waals surface area contributed by atoms with Crippen molar-refractivity contribution in [3.63, 3.8) is 0 Å². The minimum Gasteiger partial charge on any atom is -0.371 e. The first kappa shape index (κ1) is 16.1. The molecule has 2 aromatic rings. The average Bonchev–Trinajstić information content (AvgIpc) is 3.03. The molecule has 0 amide bonds. The molecule has 132 valence electrons. The molecule has 2 saturated carbocycles. The zero-order chi connectivity index (χ0) is 17.0. The van der Waals surface area contributed by atoms with Crippen LogP contribution in [0.3, 0.4) is 0 Å². The van der Waals surface area contributed by atoms with E-state index in [2.05, 4.69) is 15.6 Å². The Labute approximate surface area is 156 Å². The van der Waals surface area contributed by atoms with Crippen LogP contribution < -0.4 is 5.32 Å². The summed E-state index contributed by atoms with van der Waals surface area (Å²) in [6, 6.07) is 6.12. The Morgan fingerprint density at radius 1 is 1.20 bits per heavy atom. The minimum atomic E-state index is 0.323. The number of para-hydroxylation sites is 1. The fraction of sp³-hybridized carbons (Fsp3) is 0.556. The smallest absolute Gasteiger partial charge is 0.104 e. The van der Waals surface area contributed by atoms with Gasteiger partial charge < -0.3 is 10.1 Å². The van der Waals surface area contributed by atoms with E-state index in [1.165, 1.54) is 19.3 Å². The van der Waals surface area contributed by atoms with Crippen molar-refractivity contribution in [2.75, 3.05) is 6.54 Å². The van der Waals surface area contributed by atoms with Crippen LogP contribution in [0.25, 0.3) is 5.69 Å². The second-order valence-electron chi connectivity index (χ2n) is 7.36. The summed E-state index contributed by atoms with van der Waals surface area (Å²) in [5, 5.41) is 13.5. The fourth-order valence-corrected chi connectivity index (χ4v) is 4.73. The Kier molecular flexibility index (Phi) is 4.01. The summed E-state index contributed by atoms with van der Waals surface area (Å²) in [7, 11) is 0. The summed E-state index contributed by atoms with van der Waals surface area (Å²) in [5.74, 6) is 1.12. The van der Waals surface area contributed by atoms with Gasteiger partial charge in [0.15, 0.2) is 0 Å². The number of piperidine rings is 1. The highest BCUT2D eigenvalue weighted by Gasteiger charge is 2.40. The third-order valence-corrected chi connectivity index (χ3v) is 6.25. The van der Waals surface area contributed by atoms with E-state index in [1.54, 1.807) is 4.68 Å². The maximum Gasteiger partial charge on any atom is 0.104 e. The van der Waals surface area contributed by atoms with Gasteiger partial charge in [-0.1, -0.05) is 34.5 Å². The van der Waals surface area contributed by atoms with Crippen molar-refractivity contribution >= 4 is 23.2 Å². The number of nitrogens with one attached hydrogen (secondary N) is 1. The van der Waals surface area contributed by atoms with E-state index in [-0.39, 0.29) is 0 Å². The molecule has 3 atom stereocenters. The number of benzene rings is 1. The summed E-state index contributed by atoms with van der Waals surface area (Å²) in [6.07, 6.45) is 4.98. The number of hydrogen-bond acceptors (Lipinski definition) is 4. The summed E-state index contributed by atoms with van der Waals surface area (Å²) in [6.45, 7) is 1.58. The van der Waals surface area contributed by atoms with E-state index in [0.29, 0.717) is 46.3 Å². The topological polar surface area (TPSA) is 52.0 Å². The van der Waals surface area contributed by atoms with Gasteiger partial charge in [-0.3, -0.25) is 0 Å². The Hall–Kier alpha value is -1.14. The Morgan fingerprint density at radius 3 is 2.64 bits per heavy atom. The van der Waals surface area contributed by atoms with E-state index in [1.807, 2.05) is 18.2 Å². The van der Waals surface area contributed by atoms with E-state index < -0.39 is 0 Å². The van der Waals surface area contributed by atoms with Crippen LogP contribution >= 0.6 is 23.2 Å². The molecule has 1 aliphatic heterocycles. The fourth-order valence-electron chi connectivity index (χ4n) is 4.17. The second kappa shape index (κ2) is 6.23. The molecule has 0 unspecified atom stereocenters. The SMILES string of the molecule is Clc1cccc(Cl)c1-n1nnc(C2CC2)c1CO[C@H]1C[C@@H]2C[C@H]1CN2. The molecule has 1 aromatic carbocycles. The standard InChI is InChI=1S/C18H20Cl2N4O/c19-13-2-1-3-14(20)18(13)24-15(17(22-23-24)10-4-5-10)9-25-16-7-12-6-11(16)8-21-12/h1-3,10-12,16,21H,4-9H2/t11-,12-,16-/m0/s1. The lowest BCUT2D eigenvalue weighted by Crippen LogP contribution is -2.34. The Balaban J connectivity index is 1.46. The van der Waals surface area contributed by atoms with Gasteiger partial charge in [0.25, 0.3) is 0 Å². The first-order chi connectivity index (χ1) is 12.2. The van der Waals surface area contributed by atoms with Gasteiger partial charge in [0, 0.05) is 18.5 Å². The van der Waals surface area contributed by atoms with Crippen LogP contribution in [0.15, 0.2) is 18.2 Å². The first-order valence-electron chi connectivity index (χ1n) is 8.94. The molecule has 5 rings (SSSR count). The van der Waals surface area contributed by atoms with Crippen LogP contribution in [0.2, 0.25) is 10.0 Å². The van der Waals surface area contributed by atoms with Crippen molar-refractivity contribution in [1.29, 1.82) is 0 Å². The maximum atomic E-state index is 6.40. The number of ether oxygens (including phenoxy) is 1. The van der Waals surface area contributed by atoms with Crippen molar-refractivity contribution in [2.45, 2.75) is 50.4 Å². The van der Waals surface area contributed by atoms with E-state index >= 15 is 0 Å². The normalized spacial score (nSPS) is 28.0. The third kappa shape index (κ3) is 2.87. The van der Waals surface area contributed by atoms with Crippen molar-refractivity contribution in [3.8, 4) is 5.69 Å². The molecule has 5 nitrogen and oxygen atoms in total. The monoisotopic (exact) mass is 378 g/mol. The highest BCUT2D eigenvalue weighted by molar-refractivity contribution is 6.37. The van der Waals surface area contributed by atoms with Crippen LogP contribution in [0.4, 0.5) is 0 Å². The quantitative estimate of drug-likeness (QED) is 0.861. The Morgan fingerprint density at radius 2 is 2.00 bits per heavy atom. The van der Waals surface area contributed by atoms with Crippen molar-refractivity contribution in [3.05, 3.63) is 39.6 Å². The molecule has 0 spiro atoms. The van der Waals surface area contributed by atoms with Gasteiger partial charge in [0.2, 0.25) is 0 Å². The van der Waals surface area contributed by atoms with Crippen molar-refractivity contribution in [1.82, 2.24) is 20.3 Å². The molecular weight excluding hydrogens is 359 g/mol. The largest absolute Gasteiger partial charge is 0.371 e. The molecule has 1 saturated heterocycles. The van der Waals surface area contributed by atoms with Gasteiger partial charge in [-0.15, -0.1) is 5.10 Å².